The molecule has 1 aromatic rings. The Hall–Kier alpha value is -3.00. The second kappa shape index (κ2) is 11.0. The van der Waals surface area contributed by atoms with Crippen molar-refractivity contribution in [3.8, 4) is 0 Å². The molecule has 28 heavy (non-hydrogen) atoms. The number of pyridine rings is 1. The fraction of sp³-hybridized carbons (Fsp3) is 0.308. The number of amides is 1. The Morgan fingerprint density at radius 3 is 1.54 bits per heavy atom. The molecule has 0 bridgehead atoms. The zero-order valence-corrected chi connectivity index (χ0v) is 13.4. The van der Waals surface area contributed by atoms with Crippen LogP contribution in [0.1, 0.15) is 6.92 Å². The number of Topliss-reactive ketones (excluding diaryl/α,β-unsaturated/α-hetero) is 2. The Bertz CT molecular complexity index is 643. The monoisotopic (exact) mass is 428 g/mol. The smallest absolute Gasteiger partial charge is 0.325 e. The summed E-state index contributed by atoms with van der Waals surface area (Å²) in [7, 11) is 0. The van der Waals surface area contributed by atoms with E-state index in [1.54, 1.807) is 24.5 Å². The van der Waals surface area contributed by atoms with E-state index in [1.807, 2.05) is 0 Å². The maximum atomic E-state index is 11.2. The summed E-state index contributed by atoms with van der Waals surface area (Å²) in [5, 5.41) is 2.60. The Labute approximate surface area is 149 Å². The summed E-state index contributed by atoms with van der Waals surface area (Å²) in [6, 6.07) is 3.56. The van der Waals surface area contributed by atoms with Crippen molar-refractivity contribution in [1.82, 2.24) is 4.98 Å². The molecule has 15 heteroatoms. The fourth-order valence-electron chi connectivity index (χ4n) is 0.897. The number of nitrogens with zero attached hydrogens (tertiary/aromatic N) is 1. The van der Waals surface area contributed by atoms with Crippen molar-refractivity contribution in [1.29, 1.82) is 0 Å². The first-order valence-corrected chi connectivity index (χ1v) is 6.35. The maximum Gasteiger partial charge on any atom is 0.458 e. The number of hydrogen-bond acceptors (Lipinski definition) is 5. The molecule has 6 nitrogen and oxygen atoms in total. The van der Waals surface area contributed by atoms with Crippen LogP contribution >= 0.6 is 0 Å². The predicted octanol–water partition coefficient (Wildman–Crippen LogP) is 3.04. The molecule has 158 valence electrons. The summed E-state index contributed by atoms with van der Waals surface area (Å²) >= 11 is 0. The van der Waals surface area contributed by atoms with Crippen LogP contribution in [0.5, 0.6) is 0 Å². The number of aldehydes is 1. The van der Waals surface area contributed by atoms with Crippen LogP contribution < -0.4 is 5.32 Å². The largest absolute Gasteiger partial charge is 0.458 e. The zero-order chi connectivity index (χ0) is 22.8. The van der Waals surface area contributed by atoms with Crippen molar-refractivity contribution in [3.63, 3.8) is 0 Å². The molecule has 0 saturated carbocycles. The highest BCUT2D eigenvalue weighted by Gasteiger charge is 2.54. The molecule has 0 aliphatic rings. The second-order valence-corrected chi connectivity index (χ2v) is 4.24. The van der Waals surface area contributed by atoms with Crippen LogP contribution in [0.25, 0.3) is 0 Å². The van der Waals surface area contributed by atoms with Crippen molar-refractivity contribution < 1.29 is 58.7 Å². The molecule has 0 atom stereocenters. The van der Waals surface area contributed by atoms with Crippen molar-refractivity contribution in [2.24, 2.45) is 0 Å². The molecule has 0 radical (unpaired) electrons. The van der Waals surface area contributed by atoms with Gasteiger partial charge < -0.3 is 5.32 Å². The number of halogens is 9. The van der Waals surface area contributed by atoms with Crippen LogP contribution in [0.4, 0.5) is 45.2 Å². The number of carbonyl (C=O) groups is 4. The molecule has 1 amide bonds. The van der Waals surface area contributed by atoms with Gasteiger partial charge in [-0.25, -0.2) is 0 Å². The van der Waals surface area contributed by atoms with Gasteiger partial charge in [-0.3, -0.25) is 24.2 Å². The summed E-state index contributed by atoms with van der Waals surface area (Å²) < 4.78 is 98.2. The average Bonchev–Trinajstić information content (AvgIpc) is 2.52. The van der Waals surface area contributed by atoms with Gasteiger partial charge in [-0.15, -0.1) is 0 Å². The van der Waals surface area contributed by atoms with Crippen molar-refractivity contribution >= 4 is 29.4 Å². The summed E-state index contributed by atoms with van der Waals surface area (Å²) in [4.78, 5) is 42.2. The lowest BCUT2D eigenvalue weighted by Gasteiger charge is -2.05. The van der Waals surface area contributed by atoms with E-state index in [4.69, 9.17) is 4.79 Å². The van der Waals surface area contributed by atoms with Crippen LogP contribution in [0.3, 0.4) is 0 Å². The summed E-state index contributed by atoms with van der Waals surface area (Å²) in [6.07, 6.45) is -14.0. The van der Waals surface area contributed by atoms with Crippen LogP contribution in [0.2, 0.25) is 0 Å². The molecular formula is C13H9F9N2O4. The lowest BCUT2D eigenvalue weighted by Crippen LogP contribution is -2.39. The zero-order valence-electron chi connectivity index (χ0n) is 13.4. The lowest BCUT2D eigenvalue weighted by molar-refractivity contribution is -0.193. The molecule has 1 rings (SSSR count). The molecule has 0 aromatic carbocycles. The van der Waals surface area contributed by atoms with Crippen molar-refractivity contribution in [2.45, 2.75) is 25.5 Å². The molecule has 1 N–H and O–H groups in total. The van der Waals surface area contributed by atoms with E-state index < -0.39 is 36.4 Å². The molecule has 1 heterocycles. The van der Waals surface area contributed by atoms with Gasteiger partial charge >= 0.3 is 30.1 Å². The van der Waals surface area contributed by atoms with E-state index in [0.717, 1.165) is 5.69 Å². The number of anilines is 1. The Morgan fingerprint density at radius 2 is 1.32 bits per heavy atom. The number of aromatic nitrogens is 1. The number of hydrogen-bond donors (Lipinski definition) is 1. The number of rotatable bonds is 2. The van der Waals surface area contributed by atoms with E-state index in [-0.39, 0.29) is 5.91 Å². The summed E-state index contributed by atoms with van der Waals surface area (Å²) in [5.74, 6) is -6.89. The first kappa shape index (κ1) is 27.2. The van der Waals surface area contributed by atoms with Crippen LogP contribution in [-0.2, 0) is 19.2 Å². The van der Waals surface area contributed by atoms with Crippen molar-refractivity contribution in [3.05, 3.63) is 24.5 Å². The van der Waals surface area contributed by atoms with E-state index in [0.29, 0.717) is 0 Å². The van der Waals surface area contributed by atoms with Crippen LogP contribution in [0, 0.1) is 0 Å². The van der Waals surface area contributed by atoms with Gasteiger partial charge in [-0.1, -0.05) is 0 Å². The van der Waals surface area contributed by atoms with E-state index in [1.165, 1.54) is 6.92 Å². The third-order valence-electron chi connectivity index (χ3n) is 1.84. The van der Waals surface area contributed by atoms with Crippen LogP contribution in [0.15, 0.2) is 24.5 Å². The normalized spacial score (nSPS) is 11.1. The minimum Gasteiger partial charge on any atom is -0.325 e. The lowest BCUT2D eigenvalue weighted by atomic mass is 10.2. The molecule has 0 unspecified atom stereocenters. The number of nitrogens with one attached hydrogen (secondary N) is 1. The second-order valence-electron chi connectivity index (χ2n) is 4.24. The van der Waals surface area contributed by atoms with E-state index in [2.05, 4.69) is 10.3 Å². The van der Waals surface area contributed by atoms with Gasteiger partial charge in [0.25, 0.3) is 0 Å². The first-order chi connectivity index (χ1) is 12.4. The molecule has 0 saturated heterocycles. The SMILES string of the molecule is CC(=O)Nc1cccnc1.O=C(C(=O)C(F)(F)F)C(F)(F)F.O=CC(F)(F)F. The first-order valence-electron chi connectivity index (χ1n) is 6.35. The van der Waals surface area contributed by atoms with Gasteiger partial charge in [0.15, 0.2) is 0 Å². The molecule has 1 aromatic heterocycles. The number of carbonyl (C=O) groups excluding carboxylic acids is 4. The third-order valence-corrected chi connectivity index (χ3v) is 1.84. The van der Waals surface area contributed by atoms with Gasteiger partial charge in [0.1, 0.15) is 0 Å². The molecule has 0 spiro atoms. The van der Waals surface area contributed by atoms with Gasteiger partial charge in [-0.05, 0) is 12.1 Å². The highest BCUT2D eigenvalue weighted by Crippen LogP contribution is 2.24. The van der Waals surface area contributed by atoms with Crippen LogP contribution in [-0.4, -0.2) is 47.3 Å². The Kier molecular flexibility index (Phi) is 10.7. The fourth-order valence-corrected chi connectivity index (χ4v) is 0.897. The van der Waals surface area contributed by atoms with E-state index in [9.17, 15) is 53.9 Å². The average molecular weight is 428 g/mol. The Morgan fingerprint density at radius 1 is 0.929 bits per heavy atom. The topological polar surface area (TPSA) is 93.2 Å². The number of ketones is 2. The molecule has 0 aliphatic heterocycles. The highest BCUT2D eigenvalue weighted by atomic mass is 19.4. The standard InChI is InChI=1S/C7H8N2O.C4F6O2.C2HF3O/c1-6(10)9-7-3-2-4-8-5-7;5-3(6,7)1(11)2(12)4(8,9)10;3-2(4,5)1-6/h2-5H,1H3,(H,9,10);;1H. The van der Waals surface area contributed by atoms with E-state index >= 15 is 0 Å². The summed E-state index contributed by atoms with van der Waals surface area (Å²) in [5.41, 5.74) is 0.731. The quantitative estimate of drug-likeness (QED) is 0.444. The predicted molar refractivity (Wildman–Crippen MR) is 72.8 cm³/mol. The Balaban J connectivity index is 0. The van der Waals surface area contributed by atoms with Crippen molar-refractivity contribution in [2.75, 3.05) is 5.32 Å². The van der Waals surface area contributed by atoms with Gasteiger partial charge in [-0.2, -0.15) is 39.5 Å². The maximum absolute atomic E-state index is 11.2. The molecule has 0 fully saturated rings. The molecular weight excluding hydrogens is 419 g/mol. The van der Waals surface area contributed by atoms with Gasteiger partial charge in [0, 0.05) is 13.1 Å². The minimum absolute atomic E-state index is 0.0759. The molecule has 0 aliphatic carbocycles. The van der Waals surface area contributed by atoms with Gasteiger partial charge in [0.2, 0.25) is 12.2 Å². The third kappa shape index (κ3) is 14.2. The summed E-state index contributed by atoms with van der Waals surface area (Å²) in [6.45, 7) is 1.47. The minimum atomic E-state index is -5.77. The van der Waals surface area contributed by atoms with Gasteiger partial charge in [0.05, 0.1) is 11.9 Å². The number of alkyl halides is 9. The highest BCUT2D eigenvalue weighted by molar-refractivity contribution is 6.41.